The molecule has 3 nitrogen and oxygen atoms in total. The normalized spacial score (nSPS) is 17.2. The molecule has 5 rings (SSSR count). The van der Waals surface area contributed by atoms with Crippen LogP contribution in [0.25, 0.3) is 28.0 Å². The molecule has 0 bridgehead atoms. The van der Waals surface area contributed by atoms with Crippen LogP contribution >= 0.6 is 0 Å². The van der Waals surface area contributed by atoms with E-state index in [9.17, 15) is 13.2 Å². The van der Waals surface area contributed by atoms with Crippen molar-refractivity contribution in [3.05, 3.63) is 83.7 Å². The number of aromatic nitrogens is 1. The third-order valence-electron chi connectivity index (χ3n) is 7.27. The maximum Gasteiger partial charge on any atom is 0.401 e. The number of likely N-dealkylation sites (tertiary alicyclic amines) is 1. The van der Waals surface area contributed by atoms with Gasteiger partial charge in [-0.25, -0.2) is 0 Å². The van der Waals surface area contributed by atoms with Crippen LogP contribution in [0, 0.1) is 6.92 Å². The molecule has 3 heterocycles. The van der Waals surface area contributed by atoms with Crippen molar-refractivity contribution in [1.29, 1.82) is 0 Å². The lowest BCUT2D eigenvalue weighted by Gasteiger charge is -2.32. The summed E-state index contributed by atoms with van der Waals surface area (Å²) in [6, 6.07) is 17.2. The maximum atomic E-state index is 12.7. The van der Waals surface area contributed by atoms with Crippen LogP contribution in [-0.4, -0.2) is 42.2 Å². The van der Waals surface area contributed by atoms with E-state index >= 15 is 0 Å². The van der Waals surface area contributed by atoms with Gasteiger partial charge in [-0.3, -0.25) is 9.88 Å². The monoisotopic (exact) mass is 477 g/mol. The number of fused-ring (bicyclic) bond motifs is 1. The van der Waals surface area contributed by atoms with Crippen LogP contribution < -0.4 is 5.32 Å². The second kappa shape index (κ2) is 9.50. The van der Waals surface area contributed by atoms with Crippen molar-refractivity contribution in [3.63, 3.8) is 0 Å². The van der Waals surface area contributed by atoms with E-state index in [1.54, 1.807) is 0 Å². The molecule has 0 saturated carbocycles. The predicted molar refractivity (Wildman–Crippen MR) is 135 cm³/mol. The van der Waals surface area contributed by atoms with Gasteiger partial charge >= 0.3 is 6.18 Å². The van der Waals surface area contributed by atoms with Crippen molar-refractivity contribution in [2.45, 2.75) is 38.3 Å². The second-order valence-corrected chi connectivity index (χ2v) is 9.67. The Bertz CT molecular complexity index is 1220. The molecule has 2 aliphatic heterocycles. The number of benzene rings is 2. The smallest absolute Gasteiger partial charge is 0.385 e. The van der Waals surface area contributed by atoms with E-state index in [1.807, 2.05) is 13.1 Å². The molecule has 0 atom stereocenters. The van der Waals surface area contributed by atoms with Gasteiger partial charge in [-0.1, -0.05) is 49.0 Å². The number of hydrogen-bond donors (Lipinski definition) is 1. The Labute approximate surface area is 204 Å². The third-order valence-corrected chi connectivity index (χ3v) is 7.27. The summed E-state index contributed by atoms with van der Waals surface area (Å²) in [5.41, 5.74) is 10.1. The molecule has 2 aromatic carbocycles. The summed E-state index contributed by atoms with van der Waals surface area (Å²) in [6.45, 7) is 7.22. The minimum atomic E-state index is -4.12. The molecule has 1 saturated heterocycles. The van der Waals surface area contributed by atoms with E-state index in [0.717, 1.165) is 59.5 Å². The Balaban J connectivity index is 1.33. The molecule has 0 unspecified atom stereocenters. The molecule has 6 heteroatoms. The van der Waals surface area contributed by atoms with E-state index in [4.69, 9.17) is 0 Å². The average molecular weight is 478 g/mol. The molecule has 0 aliphatic carbocycles. The van der Waals surface area contributed by atoms with Gasteiger partial charge in [0.2, 0.25) is 0 Å². The van der Waals surface area contributed by atoms with Gasteiger partial charge in [0.1, 0.15) is 0 Å². The number of aryl methyl sites for hydroxylation is 1. The van der Waals surface area contributed by atoms with Crippen molar-refractivity contribution < 1.29 is 13.2 Å². The van der Waals surface area contributed by atoms with E-state index in [2.05, 4.69) is 65.4 Å². The summed E-state index contributed by atoms with van der Waals surface area (Å²) in [5.74, 6) is 0.306. The number of piperidine rings is 1. The Morgan fingerprint density at radius 1 is 0.971 bits per heavy atom. The number of rotatable bonds is 4. The van der Waals surface area contributed by atoms with Crippen molar-refractivity contribution in [2.75, 3.05) is 26.2 Å². The van der Waals surface area contributed by atoms with Crippen molar-refractivity contribution in [2.24, 2.45) is 0 Å². The Kier molecular flexibility index (Phi) is 6.41. The van der Waals surface area contributed by atoms with E-state index in [1.165, 1.54) is 21.6 Å². The number of nitrogens with zero attached hydrogens (tertiary/aromatic N) is 2. The highest BCUT2D eigenvalue weighted by Crippen LogP contribution is 2.34. The highest BCUT2D eigenvalue weighted by molar-refractivity contribution is 5.77. The Morgan fingerprint density at radius 2 is 1.69 bits per heavy atom. The van der Waals surface area contributed by atoms with Gasteiger partial charge in [0, 0.05) is 40.8 Å². The van der Waals surface area contributed by atoms with Crippen LogP contribution in [-0.2, 0) is 6.42 Å². The van der Waals surface area contributed by atoms with Gasteiger partial charge in [-0.15, -0.1) is 0 Å². The summed E-state index contributed by atoms with van der Waals surface area (Å²) in [4.78, 5) is 6.19. The van der Waals surface area contributed by atoms with Gasteiger partial charge in [-0.2, -0.15) is 13.2 Å². The molecule has 1 aromatic heterocycles. The third kappa shape index (κ3) is 5.27. The maximum absolute atomic E-state index is 12.7. The molecule has 182 valence electrons. The van der Waals surface area contributed by atoms with E-state index in [-0.39, 0.29) is 0 Å². The first-order chi connectivity index (χ1) is 16.8. The van der Waals surface area contributed by atoms with Crippen molar-refractivity contribution >= 4 is 5.70 Å². The highest BCUT2D eigenvalue weighted by Gasteiger charge is 2.32. The number of alkyl halides is 3. The average Bonchev–Trinajstić information content (AvgIpc) is 2.84. The van der Waals surface area contributed by atoms with Crippen LogP contribution in [0.1, 0.15) is 41.1 Å². The van der Waals surface area contributed by atoms with Crippen LogP contribution in [0.15, 0.2) is 61.3 Å². The minimum absolute atomic E-state index is 0.306. The first-order valence-electron chi connectivity index (χ1n) is 12.2. The quantitative estimate of drug-likeness (QED) is 0.460. The molecule has 1 N–H and O–H groups in total. The Morgan fingerprint density at radius 3 is 2.40 bits per heavy atom. The van der Waals surface area contributed by atoms with E-state index in [0.29, 0.717) is 19.0 Å². The molecule has 1 fully saturated rings. The van der Waals surface area contributed by atoms with Crippen LogP contribution in [0.3, 0.4) is 0 Å². The summed E-state index contributed by atoms with van der Waals surface area (Å²) in [7, 11) is 0. The number of pyridine rings is 1. The molecule has 0 spiro atoms. The summed E-state index contributed by atoms with van der Waals surface area (Å²) in [5, 5.41) is 3.32. The van der Waals surface area contributed by atoms with Gasteiger partial charge in [0.15, 0.2) is 0 Å². The van der Waals surface area contributed by atoms with Crippen LogP contribution in [0.5, 0.6) is 0 Å². The first kappa shape index (κ1) is 23.6. The van der Waals surface area contributed by atoms with Crippen molar-refractivity contribution in [1.82, 2.24) is 15.2 Å². The summed E-state index contributed by atoms with van der Waals surface area (Å²) < 4.78 is 38.0. The van der Waals surface area contributed by atoms with Gasteiger partial charge in [0.25, 0.3) is 0 Å². The van der Waals surface area contributed by atoms with E-state index < -0.39 is 12.7 Å². The first-order valence-corrected chi connectivity index (χ1v) is 12.2. The lowest BCUT2D eigenvalue weighted by atomic mass is 9.88. The fourth-order valence-electron chi connectivity index (χ4n) is 5.31. The predicted octanol–water partition coefficient (Wildman–Crippen LogP) is 6.58. The molecule has 2 aliphatic rings. The molecular weight excluding hydrogens is 447 g/mol. The molecule has 35 heavy (non-hydrogen) atoms. The number of hydrogen-bond acceptors (Lipinski definition) is 3. The lowest BCUT2D eigenvalue weighted by Crippen LogP contribution is -2.39. The molecular formula is C29H30F3N3. The van der Waals surface area contributed by atoms with Crippen molar-refractivity contribution in [3.8, 4) is 22.3 Å². The Hall–Kier alpha value is -3.12. The SMILES string of the molecule is C=C1NCCc2cc(-c3cc(-c4ccc(C5CCN(CC(F)(F)F)CC5)cc4)cnc3C)ccc21. The molecule has 0 radical (unpaired) electrons. The van der Waals surface area contributed by atoms with Gasteiger partial charge in [-0.05, 0) is 73.5 Å². The van der Waals surface area contributed by atoms with Crippen LogP contribution in [0.2, 0.25) is 0 Å². The minimum Gasteiger partial charge on any atom is -0.385 e. The fourth-order valence-corrected chi connectivity index (χ4v) is 5.31. The number of halogens is 3. The zero-order chi connectivity index (χ0) is 24.6. The van der Waals surface area contributed by atoms with Crippen LogP contribution in [0.4, 0.5) is 13.2 Å². The second-order valence-electron chi connectivity index (χ2n) is 9.67. The highest BCUT2D eigenvalue weighted by atomic mass is 19.4. The molecule has 0 amide bonds. The standard InChI is InChI=1S/C29H30F3N3/c1-19-27-8-7-24(15-25(27)9-12-33-19)28-16-26(17-34-20(28)2)22-5-3-21(4-6-22)23-10-13-35(14-11-23)18-29(30,31)32/h3-8,15-17,23,33H,1,9-14,18H2,2H3. The largest absolute Gasteiger partial charge is 0.401 e. The topological polar surface area (TPSA) is 28.2 Å². The summed E-state index contributed by atoms with van der Waals surface area (Å²) >= 11 is 0. The summed E-state index contributed by atoms with van der Waals surface area (Å²) in [6.07, 6.45) is 0.275. The van der Waals surface area contributed by atoms with Gasteiger partial charge in [0.05, 0.1) is 6.54 Å². The molecule has 3 aromatic rings. The number of nitrogens with one attached hydrogen (secondary N) is 1. The lowest BCUT2D eigenvalue weighted by molar-refractivity contribution is -0.147. The fraction of sp³-hybridized carbons (Fsp3) is 0.345. The zero-order valence-electron chi connectivity index (χ0n) is 20.0. The zero-order valence-corrected chi connectivity index (χ0v) is 20.0. The van der Waals surface area contributed by atoms with Gasteiger partial charge < -0.3 is 5.32 Å².